The summed E-state index contributed by atoms with van der Waals surface area (Å²) in [6.07, 6.45) is 1.87. The Labute approximate surface area is 80.5 Å². The lowest BCUT2D eigenvalue weighted by Crippen LogP contribution is -1.94. The number of rotatable bonds is 3. The van der Waals surface area contributed by atoms with Crippen LogP contribution in [0.1, 0.15) is 30.9 Å². The highest BCUT2D eigenvalue weighted by Crippen LogP contribution is 2.23. The zero-order valence-electron chi connectivity index (χ0n) is 8.59. The first-order valence-electron chi connectivity index (χ1n) is 4.63. The minimum Gasteiger partial charge on any atom is -0.388 e. The van der Waals surface area contributed by atoms with E-state index < -0.39 is 0 Å². The molecule has 0 spiro atoms. The Bertz CT molecular complexity index is 300. The van der Waals surface area contributed by atoms with Gasteiger partial charge in [-0.2, -0.15) is 0 Å². The van der Waals surface area contributed by atoms with Crippen LogP contribution in [-0.2, 0) is 0 Å². The maximum absolute atomic E-state index is 3.77. The van der Waals surface area contributed by atoms with Crippen LogP contribution in [0.25, 0.3) is 6.08 Å². The van der Waals surface area contributed by atoms with Crippen LogP contribution in [-0.4, -0.2) is 7.05 Å². The molecule has 0 unspecified atom stereocenters. The molecule has 1 aromatic carbocycles. The van der Waals surface area contributed by atoms with Gasteiger partial charge in [0.25, 0.3) is 0 Å². The Balaban J connectivity index is 3.12. The Morgan fingerprint density at radius 3 is 2.54 bits per heavy atom. The molecule has 0 heterocycles. The van der Waals surface area contributed by atoms with Crippen molar-refractivity contribution in [2.24, 2.45) is 0 Å². The average molecular weight is 175 g/mol. The summed E-state index contributed by atoms with van der Waals surface area (Å²) in [7, 11) is 1.94. The van der Waals surface area contributed by atoms with Gasteiger partial charge in [0.05, 0.1) is 0 Å². The molecule has 0 aliphatic rings. The summed E-state index contributed by atoms with van der Waals surface area (Å²) in [5.74, 6) is 0.575. The Kier molecular flexibility index (Phi) is 3.13. The molecule has 0 saturated heterocycles. The predicted octanol–water partition coefficient (Wildman–Crippen LogP) is 3.49. The zero-order chi connectivity index (χ0) is 9.84. The van der Waals surface area contributed by atoms with E-state index in [0.717, 1.165) is 11.3 Å². The second-order valence-electron chi connectivity index (χ2n) is 3.46. The first kappa shape index (κ1) is 9.85. The van der Waals surface area contributed by atoms with Crippen molar-refractivity contribution >= 4 is 11.8 Å². The van der Waals surface area contributed by atoms with E-state index in [2.05, 4.69) is 43.9 Å². The fraction of sp³-hybridized carbons (Fsp3) is 0.333. The van der Waals surface area contributed by atoms with Crippen molar-refractivity contribution in [1.29, 1.82) is 0 Å². The van der Waals surface area contributed by atoms with Crippen molar-refractivity contribution in [3.8, 4) is 0 Å². The maximum Gasteiger partial charge on any atom is 0.0413 e. The van der Waals surface area contributed by atoms with E-state index in [9.17, 15) is 0 Å². The third kappa shape index (κ3) is 2.11. The van der Waals surface area contributed by atoms with Crippen LogP contribution in [0.15, 0.2) is 24.8 Å². The van der Waals surface area contributed by atoms with E-state index in [1.54, 1.807) is 0 Å². The first-order valence-corrected chi connectivity index (χ1v) is 4.63. The summed E-state index contributed by atoms with van der Waals surface area (Å²) < 4.78 is 0. The number of anilines is 1. The molecule has 1 aromatic rings. The Morgan fingerprint density at radius 2 is 2.08 bits per heavy atom. The SMILES string of the molecule is C=Cc1ccc(C(C)C)cc1NC. The van der Waals surface area contributed by atoms with Crippen molar-refractivity contribution in [1.82, 2.24) is 0 Å². The fourth-order valence-corrected chi connectivity index (χ4v) is 1.33. The molecule has 0 amide bonds. The summed E-state index contributed by atoms with van der Waals surface area (Å²) >= 11 is 0. The van der Waals surface area contributed by atoms with Crippen LogP contribution in [0, 0.1) is 0 Å². The molecule has 70 valence electrons. The van der Waals surface area contributed by atoms with Gasteiger partial charge in [0.15, 0.2) is 0 Å². The molecular formula is C12H17N. The minimum atomic E-state index is 0.575. The van der Waals surface area contributed by atoms with E-state index in [1.165, 1.54) is 5.56 Å². The lowest BCUT2D eigenvalue weighted by Gasteiger charge is -2.10. The molecule has 1 rings (SSSR count). The van der Waals surface area contributed by atoms with E-state index in [0.29, 0.717) is 5.92 Å². The molecule has 0 saturated carbocycles. The molecule has 0 aliphatic heterocycles. The van der Waals surface area contributed by atoms with Gasteiger partial charge in [-0.05, 0) is 23.1 Å². The molecule has 0 fully saturated rings. The molecular weight excluding hydrogens is 158 g/mol. The molecule has 1 N–H and O–H groups in total. The van der Waals surface area contributed by atoms with Crippen LogP contribution in [0.3, 0.4) is 0 Å². The second kappa shape index (κ2) is 4.13. The van der Waals surface area contributed by atoms with Crippen molar-refractivity contribution in [2.45, 2.75) is 19.8 Å². The van der Waals surface area contributed by atoms with Crippen molar-refractivity contribution in [3.05, 3.63) is 35.9 Å². The van der Waals surface area contributed by atoms with Gasteiger partial charge in [-0.3, -0.25) is 0 Å². The summed E-state index contributed by atoms with van der Waals surface area (Å²) in [5, 5.41) is 3.17. The molecule has 1 nitrogen and oxygen atoms in total. The fourth-order valence-electron chi connectivity index (χ4n) is 1.33. The highest BCUT2D eigenvalue weighted by atomic mass is 14.8. The normalized spacial score (nSPS) is 10.2. The summed E-state index contributed by atoms with van der Waals surface area (Å²) in [6.45, 7) is 8.17. The van der Waals surface area contributed by atoms with Gasteiger partial charge in [-0.15, -0.1) is 0 Å². The number of hydrogen-bond acceptors (Lipinski definition) is 1. The van der Waals surface area contributed by atoms with E-state index >= 15 is 0 Å². The van der Waals surface area contributed by atoms with Gasteiger partial charge in [0.1, 0.15) is 0 Å². The van der Waals surface area contributed by atoms with Gasteiger partial charge in [-0.1, -0.05) is 38.6 Å². The molecule has 0 bridgehead atoms. The molecule has 13 heavy (non-hydrogen) atoms. The van der Waals surface area contributed by atoms with Gasteiger partial charge in [0.2, 0.25) is 0 Å². The van der Waals surface area contributed by atoms with Crippen molar-refractivity contribution in [2.75, 3.05) is 12.4 Å². The standard InChI is InChI=1S/C12H17N/c1-5-10-6-7-11(9(2)3)8-12(10)13-4/h5-9,13H,1H2,2-4H3. The lowest BCUT2D eigenvalue weighted by molar-refractivity contribution is 0.867. The molecule has 1 heteroatoms. The van der Waals surface area contributed by atoms with Gasteiger partial charge in [-0.25, -0.2) is 0 Å². The number of benzene rings is 1. The monoisotopic (exact) mass is 175 g/mol. The topological polar surface area (TPSA) is 12.0 Å². The maximum atomic E-state index is 3.77. The molecule has 0 aromatic heterocycles. The number of hydrogen-bond donors (Lipinski definition) is 1. The van der Waals surface area contributed by atoms with E-state index in [1.807, 2.05) is 13.1 Å². The second-order valence-corrected chi connectivity index (χ2v) is 3.46. The van der Waals surface area contributed by atoms with Gasteiger partial charge >= 0.3 is 0 Å². The molecule has 0 atom stereocenters. The third-order valence-electron chi connectivity index (χ3n) is 2.23. The van der Waals surface area contributed by atoms with Crippen LogP contribution in [0.2, 0.25) is 0 Å². The molecule has 0 aliphatic carbocycles. The Hall–Kier alpha value is -1.24. The molecule has 0 radical (unpaired) electrons. The minimum absolute atomic E-state index is 0.575. The van der Waals surface area contributed by atoms with E-state index in [-0.39, 0.29) is 0 Å². The lowest BCUT2D eigenvalue weighted by atomic mass is 10.0. The van der Waals surface area contributed by atoms with Gasteiger partial charge in [0, 0.05) is 12.7 Å². The van der Waals surface area contributed by atoms with Crippen LogP contribution >= 0.6 is 0 Å². The quantitative estimate of drug-likeness (QED) is 0.741. The van der Waals surface area contributed by atoms with Crippen LogP contribution in [0.4, 0.5) is 5.69 Å². The third-order valence-corrected chi connectivity index (χ3v) is 2.23. The summed E-state index contributed by atoms with van der Waals surface area (Å²) in [5.41, 5.74) is 3.67. The van der Waals surface area contributed by atoms with Crippen molar-refractivity contribution in [3.63, 3.8) is 0 Å². The first-order chi connectivity index (χ1) is 6.19. The smallest absolute Gasteiger partial charge is 0.0413 e. The number of nitrogens with one attached hydrogen (secondary N) is 1. The predicted molar refractivity (Wildman–Crippen MR) is 60.2 cm³/mol. The summed E-state index contributed by atoms with van der Waals surface area (Å²) in [4.78, 5) is 0. The average Bonchev–Trinajstić information content (AvgIpc) is 2.16. The van der Waals surface area contributed by atoms with Crippen LogP contribution in [0.5, 0.6) is 0 Å². The van der Waals surface area contributed by atoms with Crippen LogP contribution < -0.4 is 5.32 Å². The van der Waals surface area contributed by atoms with Gasteiger partial charge < -0.3 is 5.32 Å². The van der Waals surface area contributed by atoms with Crippen molar-refractivity contribution < 1.29 is 0 Å². The largest absolute Gasteiger partial charge is 0.388 e. The Morgan fingerprint density at radius 1 is 1.38 bits per heavy atom. The highest BCUT2D eigenvalue weighted by molar-refractivity contribution is 5.66. The highest BCUT2D eigenvalue weighted by Gasteiger charge is 2.02. The zero-order valence-corrected chi connectivity index (χ0v) is 8.59. The van der Waals surface area contributed by atoms with E-state index in [4.69, 9.17) is 0 Å². The summed E-state index contributed by atoms with van der Waals surface area (Å²) in [6, 6.07) is 6.44.